The minimum Gasteiger partial charge on any atom is -0.391 e. The monoisotopic (exact) mass is 440 g/mol. The Kier molecular flexibility index (Phi) is 17.0. The molecular formula is C26H48O5. The van der Waals surface area contributed by atoms with Gasteiger partial charge < -0.3 is 14.6 Å². The van der Waals surface area contributed by atoms with Crippen molar-refractivity contribution in [3.8, 4) is 0 Å². The van der Waals surface area contributed by atoms with Gasteiger partial charge in [-0.15, -0.1) is 0 Å². The van der Waals surface area contributed by atoms with Crippen LogP contribution in [0.1, 0.15) is 99.3 Å². The Balaban J connectivity index is 0.000000685. The Hall–Kier alpha value is -1.00. The molecule has 1 fully saturated rings. The maximum Gasteiger partial charge on any atom is 0.373 e. The molecule has 5 atom stereocenters. The van der Waals surface area contributed by atoms with Crippen molar-refractivity contribution >= 4 is 6.15 Å². The van der Waals surface area contributed by atoms with E-state index in [0.29, 0.717) is 30.8 Å². The fourth-order valence-electron chi connectivity index (χ4n) is 3.82. The molecule has 5 nitrogen and oxygen atoms in total. The fraction of sp³-hybridized carbons (Fsp3) is 0.885. The molecule has 31 heavy (non-hydrogen) atoms. The molecule has 0 aliphatic heterocycles. The molecule has 1 saturated carbocycles. The molecule has 0 amide bonds. The Morgan fingerprint density at radius 3 is 2.29 bits per heavy atom. The largest absolute Gasteiger partial charge is 0.391 e. The summed E-state index contributed by atoms with van der Waals surface area (Å²) in [6, 6.07) is 0. The van der Waals surface area contributed by atoms with Crippen LogP contribution in [0, 0.1) is 23.2 Å². The first-order valence-electron chi connectivity index (χ1n) is 12.3. The summed E-state index contributed by atoms with van der Waals surface area (Å²) in [7, 11) is 0. The molecule has 182 valence electrons. The van der Waals surface area contributed by atoms with E-state index in [0.717, 1.165) is 37.5 Å². The lowest BCUT2D eigenvalue weighted by atomic mass is 9.84. The van der Waals surface area contributed by atoms with Gasteiger partial charge in [0.25, 0.3) is 0 Å². The van der Waals surface area contributed by atoms with Crippen LogP contribution < -0.4 is 0 Å². The van der Waals surface area contributed by atoms with Crippen LogP contribution in [0.4, 0.5) is 0 Å². The van der Waals surface area contributed by atoms with Crippen molar-refractivity contribution in [1.82, 2.24) is 0 Å². The first kappa shape index (κ1) is 30.0. The molecule has 5 heteroatoms. The zero-order valence-electron chi connectivity index (χ0n) is 20.9. The van der Waals surface area contributed by atoms with E-state index < -0.39 is 0 Å². The highest BCUT2D eigenvalue weighted by atomic mass is 16.7. The second-order valence-corrected chi connectivity index (χ2v) is 9.92. The third-order valence-corrected chi connectivity index (χ3v) is 6.75. The molecule has 0 aromatic carbocycles. The minimum atomic E-state index is -0.371. The van der Waals surface area contributed by atoms with Crippen molar-refractivity contribution < 1.29 is 24.2 Å². The summed E-state index contributed by atoms with van der Waals surface area (Å²) >= 11 is 0. The number of hydrogen-bond donors (Lipinski definition) is 1. The Morgan fingerprint density at radius 1 is 1.13 bits per heavy atom. The average molecular weight is 441 g/mol. The van der Waals surface area contributed by atoms with Crippen LogP contribution in [0.25, 0.3) is 0 Å². The molecule has 2 aliphatic carbocycles. The smallest absolute Gasteiger partial charge is 0.373 e. The lowest BCUT2D eigenvalue weighted by Crippen LogP contribution is -2.23. The lowest BCUT2D eigenvalue weighted by molar-refractivity contribution is -0.191. The van der Waals surface area contributed by atoms with Crippen LogP contribution in [0.3, 0.4) is 0 Å². The minimum absolute atomic E-state index is 0.250. The predicted molar refractivity (Wildman–Crippen MR) is 124 cm³/mol. The summed E-state index contributed by atoms with van der Waals surface area (Å²) in [4.78, 5) is 16.2. The zero-order chi connectivity index (χ0) is 23.7. The quantitative estimate of drug-likeness (QED) is 0.211. The van der Waals surface area contributed by atoms with E-state index in [2.05, 4.69) is 53.7 Å². The first-order chi connectivity index (χ1) is 14.7. The Labute approximate surface area is 191 Å². The highest BCUT2D eigenvalue weighted by molar-refractivity contribution is 5.20. The van der Waals surface area contributed by atoms with Crippen LogP contribution in [-0.4, -0.2) is 36.9 Å². The van der Waals surface area contributed by atoms with Gasteiger partial charge in [-0.05, 0) is 42.9 Å². The number of aliphatic hydroxyl groups excluding tert-OH is 1. The molecule has 0 spiro atoms. The average Bonchev–Trinajstić information content (AvgIpc) is 3.38. The van der Waals surface area contributed by atoms with E-state index in [4.69, 9.17) is 19.1 Å². The summed E-state index contributed by atoms with van der Waals surface area (Å²) < 4.78 is 11.2. The Bertz CT molecular complexity index is 496. The summed E-state index contributed by atoms with van der Waals surface area (Å²) in [5, 5.41) is 9.91. The maximum atomic E-state index is 9.91. The number of aliphatic hydroxyl groups is 1. The molecule has 2 aliphatic rings. The molecule has 0 saturated heterocycles. The third kappa shape index (κ3) is 14.6. The van der Waals surface area contributed by atoms with Crippen molar-refractivity contribution in [1.29, 1.82) is 0 Å². The zero-order valence-corrected chi connectivity index (χ0v) is 20.9. The molecule has 2 rings (SSSR count). The molecule has 0 heterocycles. The maximum absolute atomic E-state index is 9.91. The molecule has 0 radical (unpaired) electrons. The van der Waals surface area contributed by atoms with Gasteiger partial charge in [-0.1, -0.05) is 85.8 Å². The van der Waals surface area contributed by atoms with Gasteiger partial charge >= 0.3 is 6.15 Å². The molecule has 2 bridgehead atoms. The van der Waals surface area contributed by atoms with Gasteiger partial charge in [0.2, 0.25) is 0 Å². The summed E-state index contributed by atoms with van der Waals surface area (Å²) in [5.74, 6) is 2.28. The van der Waals surface area contributed by atoms with Crippen molar-refractivity contribution in [2.75, 3.05) is 13.4 Å². The van der Waals surface area contributed by atoms with Crippen LogP contribution in [0.2, 0.25) is 0 Å². The fourth-order valence-corrected chi connectivity index (χ4v) is 3.82. The number of hydrogen-bond acceptors (Lipinski definition) is 5. The number of allylic oxidation sites excluding steroid dienone is 1. The molecule has 0 aromatic rings. The number of carbonyl (C=O) groups excluding carboxylic acids is 2. The summed E-state index contributed by atoms with van der Waals surface area (Å²) in [6.45, 7) is 14.2. The van der Waals surface area contributed by atoms with Crippen LogP contribution in [-0.2, 0) is 19.1 Å². The molecule has 1 N–H and O–H groups in total. The topological polar surface area (TPSA) is 72.8 Å². The molecule has 0 aromatic heterocycles. The van der Waals surface area contributed by atoms with Crippen molar-refractivity contribution in [2.45, 2.75) is 112 Å². The van der Waals surface area contributed by atoms with Crippen molar-refractivity contribution in [3.05, 3.63) is 12.2 Å². The van der Waals surface area contributed by atoms with Gasteiger partial charge in [0.1, 0.15) is 6.79 Å². The predicted octanol–water partition coefficient (Wildman–Crippen LogP) is 6.16. The number of unbranched alkanes of at least 4 members (excludes halogenated alkanes) is 1. The summed E-state index contributed by atoms with van der Waals surface area (Å²) in [6.07, 6.45) is 15.7. The lowest BCUT2D eigenvalue weighted by Gasteiger charge is -2.24. The normalized spacial score (nSPS) is 23.3. The van der Waals surface area contributed by atoms with Gasteiger partial charge in [-0.2, -0.15) is 9.59 Å². The van der Waals surface area contributed by atoms with Gasteiger partial charge in [-0.3, -0.25) is 0 Å². The van der Waals surface area contributed by atoms with Gasteiger partial charge in [0, 0.05) is 5.92 Å². The van der Waals surface area contributed by atoms with E-state index in [-0.39, 0.29) is 12.3 Å². The van der Waals surface area contributed by atoms with E-state index in [1.54, 1.807) is 0 Å². The molecule has 5 unspecified atom stereocenters. The van der Waals surface area contributed by atoms with Gasteiger partial charge in [0.05, 0.1) is 18.8 Å². The Morgan fingerprint density at radius 2 is 1.81 bits per heavy atom. The van der Waals surface area contributed by atoms with E-state index in [9.17, 15) is 5.11 Å². The van der Waals surface area contributed by atoms with Gasteiger partial charge in [-0.25, -0.2) is 0 Å². The number of ether oxygens (including phenoxy) is 2. The summed E-state index contributed by atoms with van der Waals surface area (Å²) in [5.41, 5.74) is 0.312. The van der Waals surface area contributed by atoms with Crippen LogP contribution in [0.5, 0.6) is 0 Å². The van der Waals surface area contributed by atoms with Crippen LogP contribution in [0.15, 0.2) is 12.2 Å². The number of fused-ring (bicyclic) bond motifs is 2. The van der Waals surface area contributed by atoms with E-state index in [1.165, 1.54) is 32.1 Å². The van der Waals surface area contributed by atoms with Crippen LogP contribution >= 0.6 is 0 Å². The third-order valence-electron chi connectivity index (χ3n) is 6.75. The number of rotatable bonds is 13. The van der Waals surface area contributed by atoms with E-state index in [1.807, 2.05) is 0 Å². The highest BCUT2D eigenvalue weighted by Gasteiger charge is 2.36. The van der Waals surface area contributed by atoms with Crippen molar-refractivity contribution in [3.63, 3.8) is 0 Å². The van der Waals surface area contributed by atoms with Crippen molar-refractivity contribution in [2.24, 2.45) is 23.2 Å². The second-order valence-electron chi connectivity index (χ2n) is 9.92. The second kappa shape index (κ2) is 17.5. The van der Waals surface area contributed by atoms with Gasteiger partial charge in [0.15, 0.2) is 0 Å². The van der Waals surface area contributed by atoms with E-state index >= 15 is 0 Å². The highest BCUT2D eigenvalue weighted by Crippen LogP contribution is 2.40. The SMILES string of the molecule is CCC(C)(C)CCC(O)COCOC1CC2C=CC1C2.CCCCC(C)CC.O=C=O. The molecular weight excluding hydrogens is 392 g/mol. The first-order valence-corrected chi connectivity index (χ1v) is 12.3. The standard InChI is InChI=1S/C17H30O3.C8H18.CO2/c1-4-17(2,3)8-7-15(18)11-19-12-20-16-10-13-5-6-14(16)9-13;1-4-6-7-8(3)5-2;2-1-3/h5-6,13-16,18H,4,7-12H2,1-3H3;8H,4-7H2,1-3H3;.